The quantitative estimate of drug-likeness (QED) is 0.514. The van der Waals surface area contributed by atoms with Gasteiger partial charge in [-0.15, -0.1) is 0 Å². The van der Waals surface area contributed by atoms with Crippen LogP contribution in [0.3, 0.4) is 0 Å². The second-order valence-electron chi connectivity index (χ2n) is 5.21. The molecule has 0 saturated carbocycles. The summed E-state index contributed by atoms with van der Waals surface area (Å²) in [6, 6.07) is 6.79. The van der Waals surface area contributed by atoms with Crippen LogP contribution in [0.25, 0.3) is 0 Å². The number of aryl methyl sites for hydroxylation is 2. The fourth-order valence-corrected chi connectivity index (χ4v) is 2.31. The first kappa shape index (κ1) is 16.7. The molecule has 0 atom stereocenters. The number of nitro groups is 1. The molecule has 0 aliphatic heterocycles. The van der Waals surface area contributed by atoms with Crippen molar-refractivity contribution >= 4 is 40.4 Å². The lowest BCUT2D eigenvalue weighted by Gasteiger charge is -2.11. The zero-order chi connectivity index (χ0) is 18.0. The fourth-order valence-electron chi connectivity index (χ4n) is 2.14. The Bertz CT molecular complexity index is 943. The lowest BCUT2D eigenvalue weighted by Crippen LogP contribution is -2.06. The molecular formula is C15H13ClN6O3. The monoisotopic (exact) mass is 360 g/mol. The molecule has 10 heteroatoms. The van der Waals surface area contributed by atoms with Crippen molar-refractivity contribution in [1.29, 1.82) is 0 Å². The second-order valence-corrected chi connectivity index (χ2v) is 5.65. The molecular weight excluding hydrogens is 348 g/mol. The molecule has 0 aliphatic rings. The van der Waals surface area contributed by atoms with E-state index in [1.54, 1.807) is 31.2 Å². The molecule has 0 spiro atoms. The van der Waals surface area contributed by atoms with Gasteiger partial charge in [0.05, 0.1) is 4.92 Å². The average molecular weight is 361 g/mol. The van der Waals surface area contributed by atoms with Crippen molar-refractivity contribution in [1.82, 2.24) is 15.1 Å². The predicted molar refractivity (Wildman–Crippen MR) is 92.7 cm³/mol. The van der Waals surface area contributed by atoms with Crippen LogP contribution in [0, 0.1) is 24.0 Å². The summed E-state index contributed by atoms with van der Waals surface area (Å²) in [7, 11) is 0. The molecule has 3 aromatic rings. The van der Waals surface area contributed by atoms with E-state index in [1.807, 2.05) is 6.92 Å². The third kappa shape index (κ3) is 3.66. The highest BCUT2D eigenvalue weighted by Gasteiger charge is 2.24. The summed E-state index contributed by atoms with van der Waals surface area (Å²) in [5.41, 5.74) is 1.15. The minimum Gasteiger partial charge on any atom is -0.360 e. The molecule has 0 amide bonds. The van der Waals surface area contributed by atoms with E-state index >= 15 is 0 Å². The summed E-state index contributed by atoms with van der Waals surface area (Å²) in [5.74, 6) is 0.903. The third-order valence-electron chi connectivity index (χ3n) is 3.33. The standard InChI is InChI=1S/C15H13ClN6O3/c1-8-3-4-10(16)6-11(8)19-14-13(22(23)24)15(18-7-17-14)20-12-5-9(2)25-21-12/h3-7H,1-2H3,(H2,17,18,19,20,21). The fraction of sp³-hybridized carbons (Fsp3) is 0.133. The Morgan fingerprint density at radius 3 is 2.52 bits per heavy atom. The summed E-state index contributed by atoms with van der Waals surface area (Å²) in [4.78, 5) is 18.9. The van der Waals surface area contributed by atoms with E-state index < -0.39 is 4.92 Å². The van der Waals surface area contributed by atoms with Gasteiger partial charge in [0, 0.05) is 16.8 Å². The van der Waals surface area contributed by atoms with Crippen LogP contribution in [0.5, 0.6) is 0 Å². The molecule has 0 bridgehead atoms. The SMILES string of the molecule is Cc1cc(Nc2ncnc(Nc3cc(Cl)ccc3C)c2[N+](=O)[O-])no1. The van der Waals surface area contributed by atoms with Crippen LogP contribution in [0.4, 0.5) is 28.8 Å². The van der Waals surface area contributed by atoms with Crippen LogP contribution in [0.15, 0.2) is 35.1 Å². The van der Waals surface area contributed by atoms with Crippen molar-refractivity contribution in [3.05, 3.63) is 57.1 Å². The first-order valence-corrected chi connectivity index (χ1v) is 7.55. The summed E-state index contributed by atoms with van der Waals surface area (Å²) in [6.45, 7) is 3.56. The molecule has 2 aromatic heterocycles. The van der Waals surface area contributed by atoms with Crippen LogP contribution < -0.4 is 10.6 Å². The van der Waals surface area contributed by atoms with E-state index in [0.717, 1.165) is 5.56 Å². The molecule has 9 nitrogen and oxygen atoms in total. The van der Waals surface area contributed by atoms with Gasteiger partial charge in [-0.2, -0.15) is 0 Å². The smallest absolute Gasteiger partial charge is 0.353 e. The van der Waals surface area contributed by atoms with Crippen LogP contribution in [-0.2, 0) is 0 Å². The summed E-state index contributed by atoms with van der Waals surface area (Å²) in [6.07, 6.45) is 1.21. The molecule has 128 valence electrons. The molecule has 0 fully saturated rings. The van der Waals surface area contributed by atoms with Gasteiger partial charge in [0.1, 0.15) is 12.1 Å². The highest BCUT2D eigenvalue weighted by Crippen LogP contribution is 2.34. The Labute approximate surface area is 147 Å². The van der Waals surface area contributed by atoms with Crippen molar-refractivity contribution in [2.75, 3.05) is 10.6 Å². The summed E-state index contributed by atoms with van der Waals surface area (Å²) >= 11 is 5.99. The summed E-state index contributed by atoms with van der Waals surface area (Å²) in [5, 5.41) is 21.5. The van der Waals surface area contributed by atoms with E-state index in [1.165, 1.54) is 6.33 Å². The minimum absolute atomic E-state index is 0.00418. The highest BCUT2D eigenvalue weighted by molar-refractivity contribution is 6.30. The highest BCUT2D eigenvalue weighted by atomic mass is 35.5. The van der Waals surface area contributed by atoms with E-state index in [9.17, 15) is 10.1 Å². The zero-order valence-electron chi connectivity index (χ0n) is 13.3. The number of nitrogens with one attached hydrogen (secondary N) is 2. The third-order valence-corrected chi connectivity index (χ3v) is 3.57. The van der Waals surface area contributed by atoms with Gasteiger partial charge in [0.25, 0.3) is 0 Å². The number of hydrogen-bond donors (Lipinski definition) is 2. The molecule has 0 saturated heterocycles. The van der Waals surface area contributed by atoms with Crippen LogP contribution in [0.1, 0.15) is 11.3 Å². The molecule has 2 N–H and O–H groups in total. The Hall–Kier alpha value is -3.20. The molecule has 0 radical (unpaired) electrons. The molecule has 0 unspecified atom stereocenters. The lowest BCUT2D eigenvalue weighted by atomic mass is 10.2. The Kier molecular flexibility index (Phi) is 4.48. The number of halogens is 1. The average Bonchev–Trinajstić information content (AvgIpc) is 2.96. The molecule has 3 rings (SSSR count). The maximum Gasteiger partial charge on any atom is 0.353 e. The van der Waals surface area contributed by atoms with Crippen molar-refractivity contribution in [3.8, 4) is 0 Å². The van der Waals surface area contributed by atoms with Gasteiger partial charge in [0.15, 0.2) is 5.82 Å². The summed E-state index contributed by atoms with van der Waals surface area (Å²) < 4.78 is 4.94. The topological polar surface area (TPSA) is 119 Å². The second kappa shape index (κ2) is 6.73. The number of nitrogens with zero attached hydrogens (tertiary/aromatic N) is 4. The van der Waals surface area contributed by atoms with Gasteiger partial charge in [0.2, 0.25) is 11.6 Å². The lowest BCUT2D eigenvalue weighted by molar-refractivity contribution is -0.383. The van der Waals surface area contributed by atoms with E-state index in [-0.39, 0.29) is 17.3 Å². The van der Waals surface area contributed by atoms with Gasteiger partial charge in [-0.25, -0.2) is 9.97 Å². The number of aromatic nitrogens is 3. The van der Waals surface area contributed by atoms with Gasteiger partial charge < -0.3 is 15.2 Å². The minimum atomic E-state index is -0.572. The Morgan fingerprint density at radius 2 is 1.88 bits per heavy atom. The van der Waals surface area contributed by atoms with Crippen molar-refractivity contribution < 1.29 is 9.45 Å². The Morgan fingerprint density at radius 1 is 1.16 bits per heavy atom. The zero-order valence-corrected chi connectivity index (χ0v) is 14.0. The largest absolute Gasteiger partial charge is 0.360 e. The van der Waals surface area contributed by atoms with Crippen molar-refractivity contribution in [2.45, 2.75) is 13.8 Å². The van der Waals surface area contributed by atoms with E-state index in [0.29, 0.717) is 22.3 Å². The van der Waals surface area contributed by atoms with Crippen LogP contribution in [0.2, 0.25) is 5.02 Å². The number of benzene rings is 1. The number of anilines is 4. The number of hydrogen-bond acceptors (Lipinski definition) is 8. The maximum atomic E-state index is 11.6. The Balaban J connectivity index is 2.00. The molecule has 25 heavy (non-hydrogen) atoms. The van der Waals surface area contributed by atoms with Crippen molar-refractivity contribution in [3.63, 3.8) is 0 Å². The normalized spacial score (nSPS) is 10.5. The van der Waals surface area contributed by atoms with E-state index in [4.69, 9.17) is 16.1 Å². The molecule has 1 aromatic carbocycles. The van der Waals surface area contributed by atoms with Crippen LogP contribution in [-0.4, -0.2) is 20.0 Å². The number of rotatable bonds is 5. The first-order valence-electron chi connectivity index (χ1n) is 7.17. The van der Waals surface area contributed by atoms with Gasteiger partial charge >= 0.3 is 5.69 Å². The predicted octanol–water partition coefficient (Wildman–Crippen LogP) is 4.13. The van der Waals surface area contributed by atoms with Gasteiger partial charge in [-0.05, 0) is 31.5 Å². The molecule has 0 aliphatic carbocycles. The van der Waals surface area contributed by atoms with Crippen LogP contribution >= 0.6 is 11.6 Å². The van der Waals surface area contributed by atoms with Gasteiger partial charge in [-0.3, -0.25) is 10.1 Å². The van der Waals surface area contributed by atoms with Crippen molar-refractivity contribution in [2.24, 2.45) is 0 Å². The van der Waals surface area contributed by atoms with E-state index in [2.05, 4.69) is 25.8 Å². The van der Waals surface area contributed by atoms with Gasteiger partial charge in [-0.1, -0.05) is 22.8 Å². The molecule has 2 heterocycles. The maximum absolute atomic E-state index is 11.6. The first-order chi connectivity index (χ1) is 11.9.